The Bertz CT molecular complexity index is 473. The van der Waals surface area contributed by atoms with Crippen LogP contribution in [0, 0.1) is 6.92 Å². The summed E-state index contributed by atoms with van der Waals surface area (Å²) in [5.74, 6) is 0. The van der Waals surface area contributed by atoms with Crippen LogP contribution in [-0.4, -0.2) is 25.7 Å². The molecule has 0 aromatic carbocycles. The SMILES string of the molecule is Cc1sc(Br)cc1S(=O)(=O)NCC(C)(C)O. The van der Waals surface area contributed by atoms with Crippen LogP contribution in [0.2, 0.25) is 0 Å². The zero-order chi connectivity index (χ0) is 12.6. The molecule has 0 unspecified atom stereocenters. The van der Waals surface area contributed by atoms with E-state index in [0.29, 0.717) is 0 Å². The van der Waals surface area contributed by atoms with Crippen molar-refractivity contribution in [1.82, 2.24) is 4.72 Å². The first kappa shape index (κ1) is 14.1. The molecule has 1 aromatic heterocycles. The fourth-order valence-corrected chi connectivity index (χ4v) is 4.66. The van der Waals surface area contributed by atoms with Crippen LogP contribution < -0.4 is 4.72 Å². The van der Waals surface area contributed by atoms with Gasteiger partial charge in [0.2, 0.25) is 10.0 Å². The van der Waals surface area contributed by atoms with Crippen molar-refractivity contribution in [2.45, 2.75) is 31.3 Å². The zero-order valence-corrected chi connectivity index (χ0v) is 12.5. The molecule has 4 nitrogen and oxygen atoms in total. The summed E-state index contributed by atoms with van der Waals surface area (Å²) in [5, 5.41) is 9.47. The lowest BCUT2D eigenvalue weighted by molar-refractivity contribution is 0.0857. The monoisotopic (exact) mass is 327 g/mol. The fraction of sp³-hybridized carbons (Fsp3) is 0.556. The van der Waals surface area contributed by atoms with Crippen LogP contribution in [0.25, 0.3) is 0 Å². The molecule has 0 amide bonds. The Morgan fingerprint density at radius 1 is 1.56 bits per heavy atom. The number of hydrogen-bond donors (Lipinski definition) is 2. The number of aliphatic hydroxyl groups is 1. The van der Waals surface area contributed by atoms with Crippen LogP contribution in [0.1, 0.15) is 18.7 Å². The van der Waals surface area contributed by atoms with E-state index < -0.39 is 15.6 Å². The largest absolute Gasteiger partial charge is 0.389 e. The maximum absolute atomic E-state index is 11.9. The van der Waals surface area contributed by atoms with Crippen LogP contribution in [0.5, 0.6) is 0 Å². The van der Waals surface area contributed by atoms with Gasteiger partial charge in [-0.1, -0.05) is 0 Å². The highest BCUT2D eigenvalue weighted by Gasteiger charge is 2.22. The maximum Gasteiger partial charge on any atom is 0.241 e. The van der Waals surface area contributed by atoms with Crippen LogP contribution in [-0.2, 0) is 10.0 Å². The van der Waals surface area contributed by atoms with Crippen molar-refractivity contribution in [2.24, 2.45) is 0 Å². The van der Waals surface area contributed by atoms with Crippen LogP contribution in [0.4, 0.5) is 0 Å². The molecule has 0 radical (unpaired) electrons. The number of nitrogens with one attached hydrogen (secondary N) is 1. The third-order valence-corrected chi connectivity index (χ3v) is 5.04. The average Bonchev–Trinajstić information content (AvgIpc) is 2.42. The topological polar surface area (TPSA) is 66.4 Å². The summed E-state index contributed by atoms with van der Waals surface area (Å²) in [7, 11) is -3.53. The van der Waals surface area contributed by atoms with Gasteiger partial charge < -0.3 is 5.11 Å². The van der Waals surface area contributed by atoms with E-state index in [1.807, 2.05) is 0 Å². The summed E-state index contributed by atoms with van der Waals surface area (Å²) in [6.07, 6.45) is 0. The number of hydrogen-bond acceptors (Lipinski definition) is 4. The first-order chi connectivity index (χ1) is 7.12. The van der Waals surface area contributed by atoms with E-state index in [1.165, 1.54) is 11.3 Å². The van der Waals surface area contributed by atoms with Crippen molar-refractivity contribution in [3.63, 3.8) is 0 Å². The van der Waals surface area contributed by atoms with E-state index in [-0.39, 0.29) is 11.4 Å². The second kappa shape index (κ2) is 4.73. The number of sulfonamides is 1. The molecule has 1 rings (SSSR count). The van der Waals surface area contributed by atoms with E-state index in [2.05, 4.69) is 20.7 Å². The third-order valence-electron chi connectivity index (χ3n) is 1.83. The molecule has 0 saturated heterocycles. The minimum atomic E-state index is -3.53. The van der Waals surface area contributed by atoms with Crippen LogP contribution >= 0.6 is 27.3 Å². The molecule has 2 N–H and O–H groups in total. The molecule has 0 aliphatic rings. The van der Waals surface area contributed by atoms with Crippen molar-refractivity contribution in [3.05, 3.63) is 14.7 Å². The zero-order valence-electron chi connectivity index (χ0n) is 9.24. The van der Waals surface area contributed by atoms with Gasteiger partial charge in [0.1, 0.15) is 0 Å². The second-order valence-electron chi connectivity index (χ2n) is 4.11. The van der Waals surface area contributed by atoms with Crippen LogP contribution in [0.3, 0.4) is 0 Å². The van der Waals surface area contributed by atoms with Crippen molar-refractivity contribution < 1.29 is 13.5 Å². The first-order valence-electron chi connectivity index (χ1n) is 4.60. The molecule has 16 heavy (non-hydrogen) atoms. The Labute approximate surface area is 108 Å². The number of rotatable bonds is 4. The Morgan fingerprint density at radius 2 is 2.12 bits per heavy atom. The van der Waals surface area contributed by atoms with Crippen molar-refractivity contribution in [2.75, 3.05) is 6.54 Å². The molecule has 1 aromatic rings. The highest BCUT2D eigenvalue weighted by molar-refractivity contribution is 9.11. The Balaban J connectivity index is 2.91. The average molecular weight is 328 g/mol. The Morgan fingerprint density at radius 3 is 2.50 bits per heavy atom. The molecule has 0 spiro atoms. The standard InChI is InChI=1S/C9H14BrNO3S2/c1-6-7(4-8(10)15-6)16(13,14)11-5-9(2,3)12/h4,11-12H,5H2,1-3H3. The molecule has 1 heterocycles. The maximum atomic E-state index is 11.9. The Hall–Kier alpha value is 0.0500. The fourth-order valence-electron chi connectivity index (χ4n) is 1.05. The quantitative estimate of drug-likeness (QED) is 0.887. The lowest BCUT2D eigenvalue weighted by Crippen LogP contribution is -2.38. The van der Waals surface area contributed by atoms with Gasteiger partial charge in [-0.2, -0.15) is 0 Å². The van der Waals surface area contributed by atoms with Gasteiger partial charge in [0.25, 0.3) is 0 Å². The molecule has 92 valence electrons. The predicted octanol–water partition coefficient (Wildman–Crippen LogP) is 1.87. The summed E-state index contributed by atoms with van der Waals surface area (Å²) in [6.45, 7) is 4.83. The van der Waals surface area contributed by atoms with Crippen LogP contribution in [0.15, 0.2) is 14.7 Å². The highest BCUT2D eigenvalue weighted by atomic mass is 79.9. The van der Waals surface area contributed by atoms with E-state index >= 15 is 0 Å². The summed E-state index contributed by atoms with van der Waals surface area (Å²) in [5.41, 5.74) is -1.06. The third kappa shape index (κ3) is 3.81. The van der Waals surface area contributed by atoms with E-state index in [9.17, 15) is 13.5 Å². The summed E-state index contributed by atoms with van der Waals surface area (Å²) in [6, 6.07) is 1.56. The van der Waals surface area contributed by atoms with Gasteiger partial charge in [-0.3, -0.25) is 0 Å². The molecule has 0 aliphatic carbocycles. The van der Waals surface area contributed by atoms with Gasteiger partial charge >= 0.3 is 0 Å². The van der Waals surface area contributed by atoms with Gasteiger partial charge in [-0.25, -0.2) is 13.1 Å². The lowest BCUT2D eigenvalue weighted by Gasteiger charge is -2.17. The minimum Gasteiger partial charge on any atom is -0.389 e. The molecule has 0 aliphatic heterocycles. The normalized spacial score (nSPS) is 13.1. The molecular formula is C9H14BrNO3S2. The Kier molecular flexibility index (Phi) is 4.18. The van der Waals surface area contributed by atoms with Crippen molar-refractivity contribution in [3.8, 4) is 0 Å². The van der Waals surface area contributed by atoms with Crippen molar-refractivity contribution >= 4 is 37.3 Å². The van der Waals surface area contributed by atoms with Gasteiger partial charge in [0.15, 0.2) is 0 Å². The molecule has 0 bridgehead atoms. The van der Waals surface area contributed by atoms with Crippen molar-refractivity contribution in [1.29, 1.82) is 0 Å². The predicted molar refractivity (Wildman–Crippen MR) is 68.2 cm³/mol. The van der Waals surface area contributed by atoms with Gasteiger partial charge in [-0.15, -0.1) is 11.3 Å². The smallest absolute Gasteiger partial charge is 0.241 e. The summed E-state index contributed by atoms with van der Waals surface area (Å²) < 4.78 is 26.9. The van der Waals surface area contributed by atoms with E-state index in [4.69, 9.17) is 0 Å². The van der Waals surface area contributed by atoms with Gasteiger partial charge in [0.05, 0.1) is 14.3 Å². The molecule has 7 heteroatoms. The van der Waals surface area contributed by atoms with E-state index in [1.54, 1.807) is 26.8 Å². The summed E-state index contributed by atoms with van der Waals surface area (Å²) in [4.78, 5) is 0.976. The molecule has 0 fully saturated rings. The number of thiophene rings is 1. The minimum absolute atomic E-state index is 0.0117. The van der Waals surface area contributed by atoms with Gasteiger partial charge in [0, 0.05) is 11.4 Å². The number of halogens is 1. The second-order valence-corrected chi connectivity index (χ2v) is 8.48. The first-order valence-corrected chi connectivity index (χ1v) is 7.69. The molecular weight excluding hydrogens is 314 g/mol. The molecule has 0 saturated carbocycles. The number of aryl methyl sites for hydroxylation is 1. The highest BCUT2D eigenvalue weighted by Crippen LogP contribution is 2.29. The molecule has 0 atom stereocenters. The summed E-state index contributed by atoms with van der Waals surface area (Å²) >= 11 is 4.61. The van der Waals surface area contributed by atoms with Gasteiger partial charge in [-0.05, 0) is 42.8 Å². The van der Waals surface area contributed by atoms with E-state index in [0.717, 1.165) is 8.66 Å². The lowest BCUT2D eigenvalue weighted by atomic mass is 10.1.